The lowest BCUT2D eigenvalue weighted by Crippen LogP contribution is -1.94. The van der Waals surface area contributed by atoms with Gasteiger partial charge in [0.25, 0.3) is 0 Å². The van der Waals surface area contributed by atoms with Gasteiger partial charge in [0, 0.05) is 0 Å². The van der Waals surface area contributed by atoms with E-state index in [1.165, 1.54) is 22.3 Å². The molecule has 0 aliphatic carbocycles. The highest BCUT2D eigenvalue weighted by Gasteiger charge is 2.02. The van der Waals surface area contributed by atoms with Crippen LogP contribution in [-0.2, 0) is 11.2 Å². The van der Waals surface area contributed by atoms with Gasteiger partial charge in [0.15, 0.2) is 0 Å². The minimum atomic E-state index is 0.864. The first-order valence-electron chi connectivity index (χ1n) is 5.72. The fourth-order valence-electron chi connectivity index (χ4n) is 1.82. The Labute approximate surface area is 98.2 Å². The highest BCUT2D eigenvalue weighted by molar-refractivity contribution is 5.65. The van der Waals surface area contributed by atoms with Gasteiger partial charge in [-0.3, -0.25) is 4.79 Å². The summed E-state index contributed by atoms with van der Waals surface area (Å²) in [5.41, 5.74) is 6.58. The molecule has 0 saturated carbocycles. The SMILES string of the molecule is CC(=CC=O)CCc1cc(C)c(C)cc1C. The Morgan fingerprint density at radius 3 is 2.38 bits per heavy atom. The van der Waals surface area contributed by atoms with Crippen LogP contribution in [0.1, 0.15) is 35.6 Å². The van der Waals surface area contributed by atoms with E-state index in [-0.39, 0.29) is 0 Å². The van der Waals surface area contributed by atoms with Crippen molar-refractivity contribution in [2.75, 3.05) is 0 Å². The van der Waals surface area contributed by atoms with Crippen molar-refractivity contribution in [2.24, 2.45) is 0 Å². The third kappa shape index (κ3) is 3.34. The largest absolute Gasteiger partial charge is 0.299 e. The van der Waals surface area contributed by atoms with Crippen LogP contribution in [-0.4, -0.2) is 6.29 Å². The number of aryl methyl sites for hydroxylation is 4. The van der Waals surface area contributed by atoms with Crippen molar-refractivity contribution in [2.45, 2.75) is 40.5 Å². The van der Waals surface area contributed by atoms with Crippen molar-refractivity contribution < 1.29 is 4.79 Å². The molecule has 1 nitrogen and oxygen atoms in total. The van der Waals surface area contributed by atoms with Crippen molar-refractivity contribution in [1.29, 1.82) is 0 Å². The Morgan fingerprint density at radius 2 is 1.75 bits per heavy atom. The first-order valence-corrected chi connectivity index (χ1v) is 5.72. The molecule has 16 heavy (non-hydrogen) atoms. The van der Waals surface area contributed by atoms with Crippen molar-refractivity contribution in [3.8, 4) is 0 Å². The first-order chi connectivity index (χ1) is 7.54. The number of hydrogen-bond donors (Lipinski definition) is 0. The number of carbonyl (C=O) groups excluding carboxylic acids is 1. The van der Waals surface area contributed by atoms with Crippen LogP contribution in [0.3, 0.4) is 0 Å². The van der Waals surface area contributed by atoms with E-state index in [2.05, 4.69) is 32.9 Å². The molecule has 0 spiro atoms. The molecule has 86 valence electrons. The van der Waals surface area contributed by atoms with Gasteiger partial charge in [-0.05, 0) is 68.9 Å². The Kier molecular flexibility index (Phi) is 4.48. The summed E-state index contributed by atoms with van der Waals surface area (Å²) in [6.45, 7) is 8.45. The number of carbonyl (C=O) groups is 1. The van der Waals surface area contributed by atoms with Crippen molar-refractivity contribution >= 4 is 6.29 Å². The predicted octanol–water partition coefficient (Wildman–Crippen LogP) is 3.69. The molecule has 0 radical (unpaired) electrons. The van der Waals surface area contributed by atoms with Gasteiger partial charge in [0.2, 0.25) is 0 Å². The van der Waals surface area contributed by atoms with Crippen LogP contribution in [0.25, 0.3) is 0 Å². The van der Waals surface area contributed by atoms with Crippen LogP contribution in [0, 0.1) is 20.8 Å². The fourth-order valence-corrected chi connectivity index (χ4v) is 1.82. The van der Waals surface area contributed by atoms with E-state index in [1.54, 1.807) is 6.08 Å². The molecule has 0 unspecified atom stereocenters. The van der Waals surface area contributed by atoms with Crippen molar-refractivity contribution in [3.05, 3.63) is 46.0 Å². The summed E-state index contributed by atoms with van der Waals surface area (Å²) in [6.07, 6.45) is 4.49. The van der Waals surface area contributed by atoms with Gasteiger partial charge >= 0.3 is 0 Å². The Morgan fingerprint density at radius 1 is 1.12 bits per heavy atom. The maximum absolute atomic E-state index is 10.3. The number of aldehydes is 1. The van der Waals surface area contributed by atoms with Gasteiger partial charge in [-0.2, -0.15) is 0 Å². The van der Waals surface area contributed by atoms with Gasteiger partial charge in [0.05, 0.1) is 0 Å². The van der Waals surface area contributed by atoms with Crippen LogP contribution in [0.2, 0.25) is 0 Å². The molecule has 0 amide bonds. The highest BCUT2D eigenvalue weighted by Crippen LogP contribution is 2.18. The third-order valence-corrected chi connectivity index (χ3v) is 3.09. The smallest absolute Gasteiger partial charge is 0.142 e. The summed E-state index contributed by atoms with van der Waals surface area (Å²) in [7, 11) is 0. The molecule has 0 heterocycles. The van der Waals surface area contributed by atoms with Crippen LogP contribution < -0.4 is 0 Å². The van der Waals surface area contributed by atoms with Gasteiger partial charge in [-0.15, -0.1) is 0 Å². The average Bonchev–Trinajstić information content (AvgIpc) is 2.22. The Balaban J connectivity index is 2.78. The molecular formula is C15H20O. The van der Waals surface area contributed by atoms with Crippen LogP contribution in [0.4, 0.5) is 0 Å². The standard InChI is InChI=1S/C15H20O/c1-11(7-8-16)5-6-15-10-13(3)12(2)9-14(15)4/h7-10H,5-6H2,1-4H3. The minimum Gasteiger partial charge on any atom is -0.299 e. The maximum Gasteiger partial charge on any atom is 0.142 e. The lowest BCUT2D eigenvalue weighted by molar-refractivity contribution is -0.104. The molecule has 0 N–H and O–H groups in total. The predicted molar refractivity (Wildman–Crippen MR) is 68.8 cm³/mol. The summed E-state index contributed by atoms with van der Waals surface area (Å²) in [6, 6.07) is 4.50. The number of allylic oxidation sites excluding steroid dienone is 2. The Bertz CT molecular complexity index is 414. The summed E-state index contributed by atoms with van der Waals surface area (Å²) >= 11 is 0. The van der Waals surface area contributed by atoms with Crippen molar-refractivity contribution in [1.82, 2.24) is 0 Å². The third-order valence-electron chi connectivity index (χ3n) is 3.09. The molecule has 0 bridgehead atoms. The second kappa shape index (κ2) is 5.64. The zero-order valence-electron chi connectivity index (χ0n) is 10.6. The molecule has 0 aliphatic heterocycles. The number of hydrogen-bond acceptors (Lipinski definition) is 1. The van der Waals surface area contributed by atoms with E-state index < -0.39 is 0 Å². The molecule has 1 aromatic rings. The second-order valence-electron chi connectivity index (χ2n) is 4.51. The second-order valence-corrected chi connectivity index (χ2v) is 4.51. The van der Waals surface area contributed by atoms with Gasteiger partial charge in [0.1, 0.15) is 6.29 Å². The summed E-state index contributed by atoms with van der Waals surface area (Å²) in [5.74, 6) is 0. The molecule has 0 aliphatic rings. The fraction of sp³-hybridized carbons (Fsp3) is 0.400. The van der Waals surface area contributed by atoms with E-state index in [1.807, 2.05) is 6.92 Å². The van der Waals surface area contributed by atoms with Crippen LogP contribution in [0.5, 0.6) is 0 Å². The van der Waals surface area contributed by atoms with Crippen LogP contribution in [0.15, 0.2) is 23.8 Å². The molecule has 0 fully saturated rings. The highest BCUT2D eigenvalue weighted by atomic mass is 16.1. The molecule has 0 aromatic heterocycles. The maximum atomic E-state index is 10.3. The Hall–Kier alpha value is -1.37. The number of rotatable bonds is 4. The van der Waals surface area contributed by atoms with E-state index in [9.17, 15) is 4.79 Å². The van der Waals surface area contributed by atoms with E-state index in [0.29, 0.717) is 0 Å². The first kappa shape index (κ1) is 12.7. The molecule has 1 aromatic carbocycles. The normalized spacial score (nSPS) is 11.6. The summed E-state index contributed by atoms with van der Waals surface area (Å²) in [5, 5.41) is 0. The zero-order chi connectivity index (χ0) is 12.1. The average molecular weight is 216 g/mol. The molecule has 0 saturated heterocycles. The summed E-state index contributed by atoms with van der Waals surface area (Å²) < 4.78 is 0. The zero-order valence-corrected chi connectivity index (χ0v) is 10.6. The lowest BCUT2D eigenvalue weighted by Gasteiger charge is -2.09. The van der Waals surface area contributed by atoms with E-state index in [0.717, 1.165) is 24.7 Å². The molecule has 1 rings (SSSR count). The monoisotopic (exact) mass is 216 g/mol. The van der Waals surface area contributed by atoms with Gasteiger partial charge in [-0.25, -0.2) is 0 Å². The van der Waals surface area contributed by atoms with E-state index in [4.69, 9.17) is 0 Å². The molecule has 1 heteroatoms. The quantitative estimate of drug-likeness (QED) is 0.554. The molecule has 0 atom stereocenters. The summed E-state index contributed by atoms with van der Waals surface area (Å²) in [4.78, 5) is 10.3. The van der Waals surface area contributed by atoms with Crippen LogP contribution >= 0.6 is 0 Å². The van der Waals surface area contributed by atoms with Gasteiger partial charge < -0.3 is 0 Å². The van der Waals surface area contributed by atoms with E-state index >= 15 is 0 Å². The topological polar surface area (TPSA) is 17.1 Å². The number of benzene rings is 1. The molecular weight excluding hydrogens is 196 g/mol. The van der Waals surface area contributed by atoms with Gasteiger partial charge in [-0.1, -0.05) is 17.7 Å². The minimum absolute atomic E-state index is 0.864. The lowest BCUT2D eigenvalue weighted by atomic mass is 9.96. The van der Waals surface area contributed by atoms with Crippen molar-refractivity contribution in [3.63, 3.8) is 0 Å².